The molecule has 0 amide bonds. The van der Waals surface area contributed by atoms with Gasteiger partial charge in [-0.05, 0) is 223 Å². The molecule has 9 aromatic heterocycles. The van der Waals surface area contributed by atoms with E-state index in [1.807, 2.05) is 70.7 Å². The van der Waals surface area contributed by atoms with E-state index in [0.717, 1.165) is 178 Å². The van der Waals surface area contributed by atoms with Crippen molar-refractivity contribution in [1.29, 1.82) is 0 Å². The molecule has 9 aromatic rings. The molecule has 0 saturated heterocycles. The Labute approximate surface area is 664 Å². The summed E-state index contributed by atoms with van der Waals surface area (Å²) in [6, 6.07) is 12.1. The number of aliphatic hydroxyl groups excluding tert-OH is 2. The number of aliphatic hydroxyl groups is 5. The van der Waals surface area contributed by atoms with Crippen molar-refractivity contribution < 1.29 is 74.5 Å². The van der Waals surface area contributed by atoms with Gasteiger partial charge in [0, 0.05) is 114 Å². The summed E-state index contributed by atoms with van der Waals surface area (Å²) in [7, 11) is 0. The maximum atomic E-state index is 11.1. The fourth-order valence-corrected chi connectivity index (χ4v) is 13.7. The Balaban J connectivity index is 0.000000175. The average molecular weight is 1700 g/mol. The molecule has 30 heteroatoms. The van der Waals surface area contributed by atoms with Crippen molar-refractivity contribution in [1.82, 2.24) is 59.2 Å². The zero-order chi connectivity index (χ0) is 77.4. The van der Waals surface area contributed by atoms with Crippen LogP contribution in [0.25, 0.3) is 34.4 Å². The first-order chi connectivity index (χ1) is 52.4. The number of carboxylic acid groups (broad SMARTS) is 1. The number of nitrogens with one attached hydrogen (secondary N) is 5. The largest absolute Gasteiger partial charge is 0.476 e. The number of pyridine rings is 3. The molecular weight excluding hydrogens is 1580 g/mol. The molecule has 111 heavy (non-hydrogen) atoms. The van der Waals surface area contributed by atoms with Gasteiger partial charge in [-0.15, -0.1) is 0 Å². The van der Waals surface area contributed by atoms with Crippen LogP contribution in [0.5, 0.6) is 0 Å². The first kappa shape index (κ1) is 86.1. The minimum Gasteiger partial charge on any atom is -0.476 e. The monoisotopic (exact) mass is 1700 g/mol. The van der Waals surface area contributed by atoms with Crippen molar-refractivity contribution >= 4 is 46.8 Å². The van der Waals surface area contributed by atoms with Gasteiger partial charge in [0.25, 0.3) is 0 Å². The van der Waals surface area contributed by atoms with E-state index < -0.39 is 22.8 Å². The first-order valence-electron chi connectivity index (χ1n) is 39.0. The van der Waals surface area contributed by atoms with Gasteiger partial charge in [0.1, 0.15) is 76.4 Å². The number of hydrogen-bond acceptors (Lipinski definition) is 25. The molecule has 9 heterocycles. The van der Waals surface area contributed by atoms with Crippen LogP contribution in [0.4, 0.5) is 34.5 Å². The van der Waals surface area contributed by atoms with Crippen LogP contribution in [0, 0.1) is 42.9 Å². The van der Waals surface area contributed by atoms with Crippen LogP contribution in [0.15, 0.2) is 106 Å². The molecule has 602 valence electrons. The summed E-state index contributed by atoms with van der Waals surface area (Å²) < 4.78 is 22.5. The summed E-state index contributed by atoms with van der Waals surface area (Å²) in [4.78, 5) is 48.0. The minimum absolute atomic E-state index is 0. The summed E-state index contributed by atoms with van der Waals surface area (Å²) in [6.07, 6.45) is 35.8. The van der Waals surface area contributed by atoms with Gasteiger partial charge in [0.2, 0.25) is 17.7 Å². The smallest absolute Gasteiger partial charge is 0.357 e. The predicted octanol–water partition coefficient (Wildman–Crippen LogP) is 14.0. The van der Waals surface area contributed by atoms with Crippen molar-refractivity contribution in [3.8, 4) is 34.4 Å². The number of nitrogen functional groups attached to an aromatic ring is 1. The molecule has 6 aliphatic rings. The number of carbonyl (C=O) groups excluding carboxylic acids is 1. The molecule has 15 rings (SSSR count). The van der Waals surface area contributed by atoms with E-state index in [1.54, 1.807) is 84.8 Å². The van der Waals surface area contributed by atoms with Crippen LogP contribution in [-0.4, -0.2) is 135 Å². The van der Waals surface area contributed by atoms with E-state index in [9.17, 15) is 30.0 Å². The van der Waals surface area contributed by atoms with Crippen molar-refractivity contribution in [2.24, 2.45) is 35.5 Å². The normalized spacial score (nSPS) is 19.6. The van der Waals surface area contributed by atoms with Crippen molar-refractivity contribution in [3.63, 3.8) is 0 Å². The van der Waals surface area contributed by atoms with Gasteiger partial charge in [-0.25, -0.2) is 34.7 Å². The number of nitrogens with two attached hydrogens (primary N) is 1. The summed E-state index contributed by atoms with van der Waals surface area (Å²) >= 11 is 0. The van der Waals surface area contributed by atoms with Crippen LogP contribution >= 0.6 is 0 Å². The number of carbonyl (C=O) groups is 2. The van der Waals surface area contributed by atoms with Gasteiger partial charge in [-0.3, -0.25) is 14.0 Å². The molecule has 0 bridgehead atoms. The number of nitrogens with zero attached hydrogens (tertiary/aromatic N) is 12. The van der Waals surface area contributed by atoms with Crippen molar-refractivity contribution in [2.45, 2.75) is 219 Å². The fraction of sp³-hybridized carbons (Fsp3) is 0.556. The second-order valence-electron chi connectivity index (χ2n) is 31.4. The maximum Gasteiger partial charge on any atom is 0.357 e. The molecule has 13 N–H and O–H groups in total. The van der Waals surface area contributed by atoms with Gasteiger partial charge in [0.05, 0.1) is 59.7 Å². The summed E-state index contributed by atoms with van der Waals surface area (Å²) in [5, 5.41) is 89.5. The molecule has 6 aliphatic carbocycles. The third-order valence-corrected chi connectivity index (χ3v) is 20.7. The number of aldehydes is 1. The molecule has 0 atom stereocenters. The Morgan fingerprint density at radius 2 is 0.829 bits per heavy atom. The Hall–Kier alpha value is -8.86. The standard InChI is InChI=1S/C26H36N6O3.C26H34N6O3.C13H13N3O3.C13H23N3O2.C2H6.CH3.W/c2*1-26(2,34)24-22(14-32(31-24)21-7-5-18(15-33)6-8-21)28-13-20-16-35-25(30-20)19-9-10-27-23(11-19)29-12-17-3-4-17;17-13(18)10-7-19-12(16-10)9-3-4-14-11(5-9)15-6-8-1-2-8;1-13(2,18)12-11(14)7-16(15-12)10-5-3-9(8-17)4-6-10;1-2;;/h9-11,14,16-18,21,28,33-34H,3-8,12-13,15H2,1-2H3,(H,27,29);9-11,14-18,21,28,34H,3-8,12-13H2,1-2H3,(H,27,29);3-5,7-8H,1-2,6H2,(H,14,15)(H,17,18);7,9-10,17-18H,3-6,8,14H2,1-2H3;1-2H3;1H3;/q;;;;;-1;. The molecule has 0 radical (unpaired) electrons. The molecule has 0 unspecified atom stereocenters. The second-order valence-corrected chi connectivity index (χ2v) is 31.4. The summed E-state index contributed by atoms with van der Waals surface area (Å²) in [6.45, 7) is 18.6. The van der Waals surface area contributed by atoms with E-state index in [4.69, 9.17) is 39.4 Å². The van der Waals surface area contributed by atoms with E-state index >= 15 is 0 Å². The van der Waals surface area contributed by atoms with Gasteiger partial charge in [-0.2, -0.15) is 15.3 Å². The van der Waals surface area contributed by atoms with Crippen molar-refractivity contribution in [3.05, 3.63) is 134 Å². The van der Waals surface area contributed by atoms with Crippen LogP contribution in [0.1, 0.15) is 228 Å². The third-order valence-electron chi connectivity index (χ3n) is 20.7. The van der Waals surface area contributed by atoms with E-state index in [1.165, 1.54) is 38.5 Å². The Kier molecular flexibility index (Phi) is 30.7. The van der Waals surface area contributed by atoms with Gasteiger partial charge >= 0.3 is 5.97 Å². The van der Waals surface area contributed by atoms with Crippen molar-refractivity contribution in [2.75, 3.05) is 65.2 Å². The summed E-state index contributed by atoms with van der Waals surface area (Å²) in [5.41, 5.74) is 10.5. The van der Waals surface area contributed by atoms with E-state index in [0.29, 0.717) is 71.1 Å². The number of carboxylic acids is 1. The number of hydrogen-bond donors (Lipinski definition) is 12. The van der Waals surface area contributed by atoms with Gasteiger partial charge in [-0.1, -0.05) is 13.8 Å². The number of oxazole rings is 3. The Morgan fingerprint density at radius 1 is 0.495 bits per heavy atom. The van der Waals surface area contributed by atoms with Crippen LogP contribution in [0.3, 0.4) is 0 Å². The zero-order valence-electron chi connectivity index (χ0n) is 65.7. The molecule has 6 saturated carbocycles. The number of aromatic carboxylic acids is 1. The topological polar surface area (TPSA) is 412 Å². The number of aromatic nitrogens is 12. The van der Waals surface area contributed by atoms with Crippen LogP contribution in [-0.2, 0) is 55.8 Å². The number of rotatable bonds is 28. The first-order valence-corrected chi connectivity index (χ1v) is 39.0. The zero-order valence-corrected chi connectivity index (χ0v) is 68.6. The third kappa shape index (κ3) is 24.8. The maximum absolute atomic E-state index is 11.1. The molecular formula is C81H115N18O11W-. The van der Waals surface area contributed by atoms with E-state index in [-0.39, 0.29) is 71.3 Å². The quantitative estimate of drug-likeness (QED) is 0.0160. The second kappa shape index (κ2) is 39.5. The molecule has 0 aliphatic heterocycles. The van der Waals surface area contributed by atoms with Crippen LogP contribution in [0.2, 0.25) is 0 Å². The summed E-state index contributed by atoms with van der Waals surface area (Å²) in [5.74, 6) is 5.97. The van der Waals surface area contributed by atoms with Gasteiger partial charge < -0.3 is 88.4 Å². The SMILES string of the molecule is CC.CC(C)(O)c1nn(C2CCC(C=O)CC2)cc1NCc1coc(-c2ccnc(NCC3CC3)c2)n1.CC(C)(O)c1nn(C2CCC(CO)CC2)cc1N.CC(C)(O)c1nn(C2CCC(CO)CC2)cc1NCc1coc(-c2ccnc(NCC3CC3)c2)n1.O=C(O)c1coc(-c2ccnc(NCC3CC3)c2)n1.[CH3-].[W]. The molecule has 0 spiro atoms. The molecule has 0 aromatic carbocycles. The Bertz CT molecular complexity index is 4340. The molecule has 6 fully saturated rings. The fourth-order valence-electron chi connectivity index (χ4n) is 13.7. The predicted molar refractivity (Wildman–Crippen MR) is 422 cm³/mol. The minimum atomic E-state index is -1.10. The van der Waals surface area contributed by atoms with Gasteiger partial charge in [0.15, 0.2) is 5.69 Å². The number of anilines is 6. The van der Waals surface area contributed by atoms with E-state index in [2.05, 4.69) is 61.6 Å². The van der Waals surface area contributed by atoms with Crippen LogP contribution < -0.4 is 32.3 Å². The Morgan fingerprint density at radius 3 is 1.15 bits per heavy atom. The average Bonchev–Trinajstić information content (AvgIpc) is 1.67. The molecule has 29 nitrogen and oxygen atoms in total.